The molecule has 0 radical (unpaired) electrons. The molecule has 0 spiro atoms. The number of amides is 3. The maximum absolute atomic E-state index is 12.6. The summed E-state index contributed by atoms with van der Waals surface area (Å²) in [5.74, 6) is 0.684. The molecule has 1 atom stereocenters. The van der Waals surface area contributed by atoms with Gasteiger partial charge in [-0.05, 0) is 25.0 Å². The van der Waals surface area contributed by atoms with Crippen molar-refractivity contribution in [3.8, 4) is 11.5 Å². The first-order chi connectivity index (χ1) is 14.0. The Bertz CT molecular complexity index is 775. The van der Waals surface area contributed by atoms with E-state index in [9.17, 15) is 14.4 Å². The molecule has 3 amide bonds. The van der Waals surface area contributed by atoms with Crippen molar-refractivity contribution in [2.45, 2.75) is 25.3 Å². The number of piperidine rings is 1. The SMILES string of the molecule is COC(=O)C1CCN(C(=O)N[C@@H]2CC(=O)N(c3ccc(OC)c(OC)c3)C2)CC1. The molecule has 2 fully saturated rings. The van der Waals surface area contributed by atoms with Crippen LogP contribution >= 0.6 is 0 Å². The Balaban J connectivity index is 1.57. The fourth-order valence-electron chi connectivity index (χ4n) is 3.80. The highest BCUT2D eigenvalue weighted by Gasteiger charge is 2.34. The summed E-state index contributed by atoms with van der Waals surface area (Å²) in [6.07, 6.45) is 1.40. The highest BCUT2D eigenvalue weighted by atomic mass is 16.5. The molecule has 2 saturated heterocycles. The number of esters is 1. The van der Waals surface area contributed by atoms with Gasteiger partial charge in [-0.1, -0.05) is 0 Å². The molecule has 1 aromatic carbocycles. The van der Waals surface area contributed by atoms with Crippen LogP contribution in [0.15, 0.2) is 18.2 Å². The maximum Gasteiger partial charge on any atom is 0.317 e. The molecule has 3 rings (SSSR count). The van der Waals surface area contributed by atoms with E-state index in [1.807, 2.05) is 0 Å². The van der Waals surface area contributed by atoms with Gasteiger partial charge >= 0.3 is 12.0 Å². The number of hydrogen-bond donors (Lipinski definition) is 1. The number of anilines is 1. The van der Waals surface area contributed by atoms with Gasteiger partial charge in [0.05, 0.1) is 33.3 Å². The predicted molar refractivity (Wildman–Crippen MR) is 105 cm³/mol. The van der Waals surface area contributed by atoms with E-state index >= 15 is 0 Å². The first-order valence-electron chi connectivity index (χ1n) is 9.62. The minimum atomic E-state index is -0.276. The van der Waals surface area contributed by atoms with Gasteiger partial charge in [0, 0.05) is 37.8 Å². The Morgan fingerprint density at radius 2 is 1.76 bits per heavy atom. The summed E-state index contributed by atoms with van der Waals surface area (Å²) < 4.78 is 15.3. The summed E-state index contributed by atoms with van der Waals surface area (Å²) in [6.45, 7) is 1.37. The van der Waals surface area contributed by atoms with Crippen LogP contribution in [0.5, 0.6) is 11.5 Å². The molecule has 0 bridgehead atoms. The second kappa shape index (κ2) is 9.02. The van der Waals surface area contributed by atoms with E-state index in [0.29, 0.717) is 49.7 Å². The molecule has 0 saturated carbocycles. The largest absolute Gasteiger partial charge is 0.493 e. The lowest BCUT2D eigenvalue weighted by molar-refractivity contribution is -0.146. The minimum absolute atomic E-state index is 0.0630. The van der Waals surface area contributed by atoms with Gasteiger partial charge in [0.1, 0.15) is 0 Å². The number of carbonyl (C=O) groups is 3. The molecule has 0 aromatic heterocycles. The van der Waals surface area contributed by atoms with Crippen LogP contribution in [-0.4, -0.2) is 69.8 Å². The van der Waals surface area contributed by atoms with Crippen molar-refractivity contribution in [1.29, 1.82) is 0 Å². The summed E-state index contributed by atoms with van der Waals surface area (Å²) in [5.41, 5.74) is 0.697. The van der Waals surface area contributed by atoms with Crippen molar-refractivity contribution >= 4 is 23.6 Å². The quantitative estimate of drug-likeness (QED) is 0.744. The second-order valence-electron chi connectivity index (χ2n) is 7.18. The average Bonchev–Trinajstić information content (AvgIpc) is 3.12. The zero-order valence-electron chi connectivity index (χ0n) is 17.0. The normalized spacial score (nSPS) is 19.8. The Labute approximate surface area is 169 Å². The van der Waals surface area contributed by atoms with Crippen LogP contribution in [0.1, 0.15) is 19.3 Å². The minimum Gasteiger partial charge on any atom is -0.493 e. The lowest BCUT2D eigenvalue weighted by Crippen LogP contribution is -2.49. The van der Waals surface area contributed by atoms with Crippen molar-refractivity contribution in [1.82, 2.24) is 10.2 Å². The number of rotatable bonds is 5. The predicted octanol–water partition coefficient (Wildman–Crippen LogP) is 1.40. The van der Waals surface area contributed by atoms with E-state index in [2.05, 4.69) is 5.32 Å². The Kier molecular flexibility index (Phi) is 6.46. The highest BCUT2D eigenvalue weighted by molar-refractivity contribution is 5.97. The van der Waals surface area contributed by atoms with Crippen LogP contribution in [0.2, 0.25) is 0 Å². The van der Waals surface area contributed by atoms with E-state index in [0.717, 1.165) is 0 Å². The van der Waals surface area contributed by atoms with Crippen LogP contribution in [0.3, 0.4) is 0 Å². The third-order valence-corrected chi connectivity index (χ3v) is 5.45. The Hall–Kier alpha value is -2.97. The number of ether oxygens (including phenoxy) is 3. The number of urea groups is 1. The second-order valence-corrected chi connectivity index (χ2v) is 7.18. The summed E-state index contributed by atoms with van der Waals surface area (Å²) >= 11 is 0. The maximum atomic E-state index is 12.6. The molecule has 2 heterocycles. The molecule has 9 nitrogen and oxygen atoms in total. The van der Waals surface area contributed by atoms with E-state index < -0.39 is 0 Å². The van der Waals surface area contributed by atoms with Gasteiger partial charge < -0.3 is 29.3 Å². The molecular weight excluding hydrogens is 378 g/mol. The zero-order chi connectivity index (χ0) is 21.0. The summed E-state index contributed by atoms with van der Waals surface area (Å²) in [6, 6.07) is 4.81. The van der Waals surface area contributed by atoms with Gasteiger partial charge in [-0.2, -0.15) is 0 Å². The van der Waals surface area contributed by atoms with Crippen LogP contribution < -0.4 is 19.7 Å². The third kappa shape index (κ3) is 4.55. The van der Waals surface area contributed by atoms with Gasteiger partial charge in [-0.25, -0.2) is 4.79 Å². The number of nitrogens with zero attached hydrogens (tertiary/aromatic N) is 2. The fourth-order valence-corrected chi connectivity index (χ4v) is 3.80. The van der Waals surface area contributed by atoms with Crippen molar-refractivity contribution < 1.29 is 28.6 Å². The van der Waals surface area contributed by atoms with Crippen molar-refractivity contribution in [3.63, 3.8) is 0 Å². The average molecular weight is 405 g/mol. The third-order valence-electron chi connectivity index (χ3n) is 5.45. The molecule has 158 valence electrons. The standard InChI is InChI=1S/C20H27N3O6/c1-27-16-5-4-15(11-17(16)28-2)23-12-14(10-18(23)24)21-20(26)22-8-6-13(7-9-22)19(25)29-3/h4-5,11,13-14H,6-10,12H2,1-3H3,(H,21,26)/t14-/m1/s1. The van der Waals surface area contributed by atoms with Gasteiger partial charge in [0.2, 0.25) is 5.91 Å². The van der Waals surface area contributed by atoms with Crippen molar-refractivity contribution in [2.75, 3.05) is 45.9 Å². The summed E-state index contributed by atoms with van der Waals surface area (Å²) in [7, 11) is 4.47. The first kappa shape index (κ1) is 20.8. The summed E-state index contributed by atoms with van der Waals surface area (Å²) in [5, 5.41) is 2.94. The van der Waals surface area contributed by atoms with Gasteiger partial charge in [-0.15, -0.1) is 0 Å². The molecule has 2 aliphatic rings. The van der Waals surface area contributed by atoms with Crippen molar-refractivity contribution in [3.05, 3.63) is 18.2 Å². The number of nitrogens with one attached hydrogen (secondary N) is 1. The van der Waals surface area contributed by atoms with Crippen LogP contribution in [0.4, 0.5) is 10.5 Å². The van der Waals surface area contributed by atoms with Crippen LogP contribution in [0.25, 0.3) is 0 Å². The van der Waals surface area contributed by atoms with E-state index in [1.54, 1.807) is 42.2 Å². The van der Waals surface area contributed by atoms with Crippen LogP contribution in [0, 0.1) is 5.92 Å². The molecule has 1 aromatic rings. The Morgan fingerprint density at radius 1 is 1.07 bits per heavy atom. The highest BCUT2D eigenvalue weighted by Crippen LogP contribution is 2.33. The zero-order valence-corrected chi connectivity index (χ0v) is 17.0. The fraction of sp³-hybridized carbons (Fsp3) is 0.550. The van der Waals surface area contributed by atoms with Crippen molar-refractivity contribution in [2.24, 2.45) is 5.92 Å². The van der Waals surface area contributed by atoms with E-state index in [4.69, 9.17) is 14.2 Å². The van der Waals surface area contributed by atoms with Gasteiger partial charge in [-0.3, -0.25) is 9.59 Å². The number of hydrogen-bond acceptors (Lipinski definition) is 6. The molecule has 9 heteroatoms. The molecule has 0 unspecified atom stereocenters. The topological polar surface area (TPSA) is 97.4 Å². The first-order valence-corrected chi connectivity index (χ1v) is 9.62. The molecular formula is C20H27N3O6. The molecule has 2 aliphatic heterocycles. The van der Waals surface area contributed by atoms with Crippen LogP contribution in [-0.2, 0) is 14.3 Å². The monoisotopic (exact) mass is 405 g/mol. The number of carbonyl (C=O) groups excluding carboxylic acids is 3. The van der Waals surface area contributed by atoms with Gasteiger partial charge in [0.25, 0.3) is 0 Å². The Morgan fingerprint density at radius 3 is 2.38 bits per heavy atom. The number of methoxy groups -OCH3 is 3. The lowest BCUT2D eigenvalue weighted by Gasteiger charge is -2.31. The molecule has 29 heavy (non-hydrogen) atoms. The van der Waals surface area contributed by atoms with E-state index in [-0.39, 0.29) is 36.3 Å². The van der Waals surface area contributed by atoms with E-state index in [1.165, 1.54) is 7.11 Å². The number of likely N-dealkylation sites (tertiary alicyclic amines) is 1. The number of benzene rings is 1. The smallest absolute Gasteiger partial charge is 0.317 e. The summed E-state index contributed by atoms with van der Waals surface area (Å²) in [4.78, 5) is 40.0. The molecule has 1 N–H and O–H groups in total. The molecule has 0 aliphatic carbocycles. The van der Waals surface area contributed by atoms with Gasteiger partial charge in [0.15, 0.2) is 11.5 Å². The lowest BCUT2D eigenvalue weighted by atomic mass is 9.97.